The Balaban J connectivity index is 1.84. The Morgan fingerprint density at radius 2 is 1.84 bits per heavy atom. The van der Waals surface area contributed by atoms with Gasteiger partial charge in [-0.25, -0.2) is 0 Å². The van der Waals surface area contributed by atoms with E-state index in [0.717, 1.165) is 11.1 Å². The van der Waals surface area contributed by atoms with E-state index in [1.807, 2.05) is 6.07 Å². The summed E-state index contributed by atoms with van der Waals surface area (Å²) < 4.78 is 17.0. The summed E-state index contributed by atoms with van der Waals surface area (Å²) in [4.78, 5) is 38.1. The third-order valence-electron chi connectivity index (χ3n) is 6.44. The average Bonchev–Trinajstić information content (AvgIpc) is 3.30. The van der Waals surface area contributed by atoms with Crippen LogP contribution in [0.25, 0.3) is 11.1 Å². The van der Waals surface area contributed by atoms with Crippen molar-refractivity contribution in [1.82, 2.24) is 15.5 Å². The van der Waals surface area contributed by atoms with Crippen LogP contribution in [0.2, 0.25) is 0 Å². The van der Waals surface area contributed by atoms with Crippen molar-refractivity contribution in [2.45, 2.75) is 38.8 Å². The van der Waals surface area contributed by atoms with Crippen molar-refractivity contribution in [3.8, 4) is 28.4 Å². The van der Waals surface area contributed by atoms with Crippen LogP contribution in [0.5, 0.6) is 17.2 Å². The fourth-order valence-electron chi connectivity index (χ4n) is 4.69. The highest BCUT2D eigenvalue weighted by Gasteiger charge is 2.29. The molecule has 0 spiro atoms. The first-order valence-electron chi connectivity index (χ1n) is 12.1. The summed E-state index contributed by atoms with van der Waals surface area (Å²) in [5.41, 5.74) is 2.91. The molecule has 0 saturated carbocycles. The molecule has 0 fully saturated rings. The van der Waals surface area contributed by atoms with Crippen molar-refractivity contribution in [3.63, 3.8) is 0 Å². The number of amides is 2. The van der Waals surface area contributed by atoms with E-state index in [9.17, 15) is 14.4 Å². The molecule has 2 aromatic carbocycles. The molecule has 2 unspecified atom stereocenters. The molecule has 4 rings (SSSR count). The Bertz CT molecular complexity index is 1410. The number of hydrogen-bond donors (Lipinski definition) is 4. The lowest BCUT2D eigenvalue weighted by molar-refractivity contribution is -0.119. The predicted octanol–water partition coefficient (Wildman–Crippen LogP) is 3.03. The maximum absolute atomic E-state index is 13.4. The molecule has 1 heterocycles. The minimum Gasteiger partial charge on any atom is -0.493 e. The van der Waals surface area contributed by atoms with Gasteiger partial charge in [0.2, 0.25) is 23.0 Å². The lowest BCUT2D eigenvalue weighted by Gasteiger charge is -2.19. The molecule has 1 aromatic heterocycles. The maximum Gasteiger partial charge on any atom is 0.247 e. The standard InChI is InChI=1S/C27H31N5O6/c1-14(27(35)31-23-10-11-28-32-23)29-20-9-7-17-18(13-21(20)34)19(30-15(2)33)8-6-16-12-22(36-3)25(37-4)26(38-5)24(16)17/h7,9-14,19H,6,8H2,1-5H3,(H,29,34)(H,30,33)(H2,28,31,32,35). The van der Waals surface area contributed by atoms with Gasteiger partial charge in [0.05, 0.1) is 39.3 Å². The number of rotatable bonds is 8. The summed E-state index contributed by atoms with van der Waals surface area (Å²) in [6.45, 7) is 3.09. The monoisotopic (exact) mass is 521 g/mol. The normalized spacial score (nSPS) is 14.7. The quantitative estimate of drug-likeness (QED) is 0.354. The zero-order chi connectivity index (χ0) is 27.4. The van der Waals surface area contributed by atoms with Crippen LogP contribution in [0.4, 0.5) is 11.5 Å². The van der Waals surface area contributed by atoms with Gasteiger partial charge in [-0.15, -0.1) is 0 Å². The van der Waals surface area contributed by atoms with Gasteiger partial charge in [-0.1, -0.05) is 6.07 Å². The van der Waals surface area contributed by atoms with Crippen LogP contribution in [0.3, 0.4) is 0 Å². The number of fused-ring (bicyclic) bond motifs is 3. The molecule has 1 aliphatic rings. The van der Waals surface area contributed by atoms with Gasteiger partial charge in [0.25, 0.3) is 0 Å². The largest absolute Gasteiger partial charge is 0.493 e. The number of aromatic amines is 1. The number of anilines is 2. The maximum atomic E-state index is 13.4. The number of ether oxygens (including phenoxy) is 3. The number of hydrogen-bond acceptors (Lipinski definition) is 8. The molecule has 11 nitrogen and oxygen atoms in total. The summed E-state index contributed by atoms with van der Waals surface area (Å²) >= 11 is 0. The summed E-state index contributed by atoms with van der Waals surface area (Å²) in [6, 6.07) is 7.30. The second-order valence-corrected chi connectivity index (χ2v) is 8.92. The predicted molar refractivity (Wildman–Crippen MR) is 143 cm³/mol. The van der Waals surface area contributed by atoms with Gasteiger partial charge in [-0.3, -0.25) is 19.5 Å². The number of carbonyl (C=O) groups is 2. The molecular formula is C27H31N5O6. The second-order valence-electron chi connectivity index (χ2n) is 8.92. The lowest BCUT2D eigenvalue weighted by atomic mass is 9.95. The van der Waals surface area contributed by atoms with Crippen LogP contribution in [-0.4, -0.2) is 49.4 Å². The van der Waals surface area contributed by atoms with Gasteiger partial charge in [-0.05, 0) is 54.7 Å². The van der Waals surface area contributed by atoms with E-state index in [1.54, 1.807) is 39.3 Å². The summed E-state index contributed by atoms with van der Waals surface area (Å²) in [6.07, 6.45) is 2.67. The fourth-order valence-corrected chi connectivity index (χ4v) is 4.69. The van der Waals surface area contributed by atoms with Crippen molar-refractivity contribution < 1.29 is 23.8 Å². The fraction of sp³-hybridized carbons (Fsp3) is 0.333. The third-order valence-corrected chi connectivity index (χ3v) is 6.44. The number of aromatic nitrogens is 2. The topological polar surface area (TPSA) is 144 Å². The van der Waals surface area contributed by atoms with E-state index in [-0.39, 0.29) is 22.9 Å². The molecule has 1 aliphatic carbocycles. The first kappa shape index (κ1) is 26.5. The highest BCUT2D eigenvalue weighted by atomic mass is 16.5. The molecule has 4 N–H and O–H groups in total. The first-order chi connectivity index (χ1) is 18.3. The minimum atomic E-state index is -0.731. The Kier molecular flexibility index (Phi) is 7.85. The van der Waals surface area contributed by atoms with Crippen LogP contribution in [0.1, 0.15) is 37.4 Å². The average molecular weight is 522 g/mol. The first-order valence-corrected chi connectivity index (χ1v) is 12.1. The lowest BCUT2D eigenvalue weighted by Crippen LogP contribution is -2.33. The Hall–Kier alpha value is -4.54. The second kappa shape index (κ2) is 11.2. The molecule has 3 aromatic rings. The number of methoxy groups -OCH3 is 3. The van der Waals surface area contributed by atoms with E-state index >= 15 is 0 Å². The number of aryl methyl sites for hydroxylation is 1. The van der Waals surface area contributed by atoms with E-state index < -0.39 is 12.1 Å². The number of nitrogens with one attached hydrogen (secondary N) is 4. The summed E-state index contributed by atoms with van der Waals surface area (Å²) in [5, 5.41) is 15.2. The number of carbonyl (C=O) groups excluding carboxylic acids is 2. The molecule has 0 radical (unpaired) electrons. The smallest absolute Gasteiger partial charge is 0.247 e. The van der Waals surface area contributed by atoms with Crippen molar-refractivity contribution in [2.24, 2.45) is 0 Å². The Morgan fingerprint density at radius 1 is 1.08 bits per heavy atom. The highest BCUT2D eigenvalue weighted by molar-refractivity contribution is 5.95. The highest BCUT2D eigenvalue weighted by Crippen LogP contribution is 2.50. The Labute approximate surface area is 219 Å². The van der Waals surface area contributed by atoms with Crippen LogP contribution in [-0.2, 0) is 16.0 Å². The number of nitrogens with zero attached hydrogens (tertiary/aromatic N) is 1. The molecule has 0 saturated heterocycles. The summed E-state index contributed by atoms with van der Waals surface area (Å²) in [7, 11) is 4.63. The molecule has 38 heavy (non-hydrogen) atoms. The van der Waals surface area contributed by atoms with Crippen molar-refractivity contribution in [3.05, 3.63) is 57.9 Å². The van der Waals surface area contributed by atoms with Crippen molar-refractivity contribution in [1.29, 1.82) is 0 Å². The van der Waals surface area contributed by atoms with Crippen molar-refractivity contribution in [2.75, 3.05) is 32.0 Å². The van der Waals surface area contributed by atoms with Crippen LogP contribution in [0.15, 0.2) is 41.3 Å². The molecular weight excluding hydrogens is 490 g/mol. The molecule has 0 aliphatic heterocycles. The van der Waals surface area contributed by atoms with Gasteiger partial charge in [0.1, 0.15) is 11.9 Å². The molecule has 2 amide bonds. The zero-order valence-electron chi connectivity index (χ0n) is 21.9. The van der Waals surface area contributed by atoms with Gasteiger partial charge >= 0.3 is 0 Å². The third kappa shape index (κ3) is 5.26. The zero-order valence-corrected chi connectivity index (χ0v) is 21.9. The molecule has 11 heteroatoms. The number of H-pyrrole nitrogens is 1. The van der Waals surface area contributed by atoms with Gasteiger partial charge in [0.15, 0.2) is 11.5 Å². The molecule has 2 atom stereocenters. The van der Waals surface area contributed by atoms with E-state index in [0.29, 0.717) is 47.0 Å². The van der Waals surface area contributed by atoms with E-state index in [4.69, 9.17) is 14.2 Å². The van der Waals surface area contributed by atoms with Crippen LogP contribution < -0.4 is 35.6 Å². The van der Waals surface area contributed by atoms with Crippen molar-refractivity contribution >= 4 is 23.3 Å². The van der Waals surface area contributed by atoms with Gasteiger partial charge in [0, 0.05) is 18.6 Å². The van der Waals surface area contributed by atoms with Crippen LogP contribution in [0, 0.1) is 0 Å². The molecule has 200 valence electrons. The van der Waals surface area contributed by atoms with Gasteiger partial charge in [-0.2, -0.15) is 5.10 Å². The number of benzene rings is 1. The van der Waals surface area contributed by atoms with Gasteiger partial charge < -0.3 is 30.2 Å². The SMILES string of the molecule is COc1cc2c(c(OC)c1OC)-c1ccc(NC(C)C(=O)Nc3ccn[nH]3)c(=O)cc1C(NC(C)=O)CC2. The summed E-state index contributed by atoms with van der Waals surface area (Å²) in [5.74, 6) is 1.30. The molecule has 0 bridgehead atoms. The van der Waals surface area contributed by atoms with E-state index in [2.05, 4.69) is 26.1 Å². The Morgan fingerprint density at radius 3 is 2.47 bits per heavy atom. The minimum absolute atomic E-state index is 0.213. The van der Waals surface area contributed by atoms with Crippen LogP contribution >= 0.6 is 0 Å². The van der Waals surface area contributed by atoms with E-state index in [1.165, 1.54) is 26.3 Å².